The molecule has 0 aliphatic heterocycles. The first-order chi connectivity index (χ1) is 10.5. The molecule has 0 amide bonds. The average molecular weight is 324 g/mol. The zero-order valence-corrected chi connectivity index (χ0v) is 12.0. The predicted molar refractivity (Wildman–Crippen MR) is 78.5 cm³/mol. The molecule has 2 aromatic heterocycles. The van der Waals surface area contributed by atoms with Crippen LogP contribution >= 0.6 is 11.3 Å². The van der Waals surface area contributed by atoms with Crippen molar-refractivity contribution in [1.29, 1.82) is 0 Å². The van der Waals surface area contributed by atoms with Crippen LogP contribution in [-0.4, -0.2) is 15.2 Å². The Morgan fingerprint density at radius 2 is 2.09 bits per heavy atom. The Morgan fingerprint density at radius 1 is 1.23 bits per heavy atom. The fourth-order valence-corrected chi connectivity index (χ4v) is 2.89. The minimum atomic E-state index is -4.32. The van der Waals surface area contributed by atoms with E-state index in [1.807, 2.05) is 6.07 Å². The van der Waals surface area contributed by atoms with Crippen molar-refractivity contribution in [3.8, 4) is 11.4 Å². The summed E-state index contributed by atoms with van der Waals surface area (Å²) in [5, 5.41) is 12.2. The Kier molecular flexibility index (Phi) is 3.84. The number of thiophene rings is 1. The van der Waals surface area contributed by atoms with Crippen LogP contribution in [0.3, 0.4) is 0 Å². The number of H-pyrrole nitrogens is 1. The molecule has 114 valence electrons. The van der Waals surface area contributed by atoms with E-state index in [-0.39, 0.29) is 12.1 Å². The third kappa shape index (κ3) is 3.11. The molecule has 0 aliphatic carbocycles. The van der Waals surface area contributed by atoms with Crippen LogP contribution in [0.15, 0.2) is 41.4 Å². The van der Waals surface area contributed by atoms with Crippen LogP contribution in [0, 0.1) is 0 Å². The first-order valence-corrected chi connectivity index (χ1v) is 7.30. The highest BCUT2D eigenvalue weighted by Crippen LogP contribution is 2.34. The van der Waals surface area contributed by atoms with Crippen LogP contribution in [-0.2, 0) is 12.7 Å². The number of nitrogens with zero attached hydrogens (tertiary/aromatic N) is 2. The van der Waals surface area contributed by atoms with E-state index >= 15 is 0 Å². The van der Waals surface area contributed by atoms with Crippen LogP contribution in [0.5, 0.6) is 0 Å². The number of halogens is 3. The number of aromatic nitrogens is 3. The zero-order chi connectivity index (χ0) is 15.6. The lowest BCUT2D eigenvalue weighted by Gasteiger charge is -2.10. The number of hydrogen-bond acceptors (Lipinski definition) is 4. The van der Waals surface area contributed by atoms with Gasteiger partial charge in [0.2, 0.25) is 0 Å². The number of anilines is 1. The van der Waals surface area contributed by atoms with E-state index < -0.39 is 11.7 Å². The number of benzene rings is 1. The summed E-state index contributed by atoms with van der Waals surface area (Å²) in [6, 6.07) is 7.25. The van der Waals surface area contributed by atoms with Crippen molar-refractivity contribution >= 4 is 17.0 Å². The van der Waals surface area contributed by atoms with E-state index in [4.69, 9.17) is 0 Å². The topological polar surface area (TPSA) is 53.6 Å². The summed E-state index contributed by atoms with van der Waals surface area (Å²) in [5.74, 6) is 0.607. The lowest BCUT2D eigenvalue weighted by molar-refractivity contribution is -0.137. The summed E-state index contributed by atoms with van der Waals surface area (Å²) < 4.78 is 38.5. The van der Waals surface area contributed by atoms with E-state index in [1.54, 1.807) is 18.2 Å². The van der Waals surface area contributed by atoms with Crippen molar-refractivity contribution in [1.82, 2.24) is 15.2 Å². The van der Waals surface area contributed by atoms with Gasteiger partial charge in [-0.3, -0.25) is 5.10 Å². The van der Waals surface area contributed by atoms with Crippen LogP contribution in [0.25, 0.3) is 11.4 Å². The van der Waals surface area contributed by atoms with E-state index in [0.29, 0.717) is 11.5 Å². The molecule has 22 heavy (non-hydrogen) atoms. The molecule has 8 heteroatoms. The number of rotatable bonds is 4. The molecule has 2 heterocycles. The maximum absolute atomic E-state index is 12.8. The number of aromatic amines is 1. The Balaban J connectivity index is 1.75. The summed E-state index contributed by atoms with van der Waals surface area (Å²) in [7, 11) is 0. The summed E-state index contributed by atoms with van der Waals surface area (Å²) in [6.07, 6.45) is -2.92. The smallest absolute Gasteiger partial charge is 0.381 e. The highest BCUT2D eigenvalue weighted by molar-refractivity contribution is 7.08. The van der Waals surface area contributed by atoms with Crippen LogP contribution in [0.4, 0.5) is 18.9 Å². The van der Waals surface area contributed by atoms with E-state index in [1.165, 1.54) is 11.7 Å². The van der Waals surface area contributed by atoms with Gasteiger partial charge in [0.25, 0.3) is 0 Å². The van der Waals surface area contributed by atoms with E-state index in [0.717, 1.165) is 22.3 Å². The van der Waals surface area contributed by atoms with Gasteiger partial charge in [0.15, 0.2) is 5.82 Å². The van der Waals surface area contributed by atoms with E-state index in [9.17, 15) is 13.2 Å². The van der Waals surface area contributed by atoms with Crippen molar-refractivity contribution in [2.24, 2.45) is 0 Å². The maximum atomic E-state index is 12.8. The van der Waals surface area contributed by atoms with Gasteiger partial charge >= 0.3 is 6.18 Å². The first kappa shape index (κ1) is 14.6. The molecule has 1 aromatic carbocycles. The predicted octanol–water partition coefficient (Wildman–Crippen LogP) is 4.16. The third-order valence-corrected chi connectivity index (χ3v) is 3.87. The van der Waals surface area contributed by atoms with Crippen LogP contribution in [0.1, 0.15) is 11.1 Å². The summed E-state index contributed by atoms with van der Waals surface area (Å²) >= 11 is 1.05. The van der Waals surface area contributed by atoms with Crippen molar-refractivity contribution in [2.45, 2.75) is 12.7 Å². The molecule has 0 bridgehead atoms. The molecule has 0 aliphatic rings. The molecule has 2 N–H and O–H groups in total. The van der Waals surface area contributed by atoms with Gasteiger partial charge in [-0.05, 0) is 23.1 Å². The Morgan fingerprint density at radius 3 is 2.82 bits per heavy atom. The Labute approximate surface area is 128 Å². The van der Waals surface area contributed by atoms with Gasteiger partial charge in [-0.25, -0.2) is 4.98 Å². The third-order valence-electron chi connectivity index (χ3n) is 3.08. The van der Waals surface area contributed by atoms with E-state index in [2.05, 4.69) is 20.5 Å². The average Bonchev–Trinajstić information content (AvgIpc) is 3.16. The van der Waals surface area contributed by atoms with Crippen molar-refractivity contribution < 1.29 is 13.2 Å². The molecule has 0 radical (unpaired) electrons. The van der Waals surface area contributed by atoms with Gasteiger partial charge in [0, 0.05) is 23.2 Å². The molecular weight excluding hydrogens is 313 g/mol. The summed E-state index contributed by atoms with van der Waals surface area (Å²) in [4.78, 5) is 4.04. The fraction of sp³-hybridized carbons (Fsp3) is 0.143. The Bertz CT molecular complexity index is 750. The molecule has 0 unspecified atom stereocenters. The highest BCUT2D eigenvalue weighted by atomic mass is 32.1. The molecule has 0 atom stereocenters. The van der Waals surface area contributed by atoms with Gasteiger partial charge in [-0.1, -0.05) is 12.1 Å². The molecular formula is C14H11F3N4S. The second-order valence-electron chi connectivity index (χ2n) is 4.58. The number of nitrogens with one attached hydrogen (secondary N) is 2. The minimum Gasteiger partial charge on any atom is -0.381 e. The fourth-order valence-electron chi connectivity index (χ4n) is 2.03. The van der Waals surface area contributed by atoms with Crippen molar-refractivity contribution in [3.05, 3.63) is 52.5 Å². The SMILES string of the molecule is FC(F)(F)c1cscc1CNc1cccc(-c2ncn[nH]2)c1. The summed E-state index contributed by atoms with van der Waals surface area (Å²) in [6.45, 7) is 0.109. The monoisotopic (exact) mass is 324 g/mol. The second-order valence-corrected chi connectivity index (χ2v) is 5.32. The summed E-state index contributed by atoms with van der Waals surface area (Å²) in [5.41, 5.74) is 1.18. The van der Waals surface area contributed by atoms with Gasteiger partial charge in [0.05, 0.1) is 5.56 Å². The van der Waals surface area contributed by atoms with Gasteiger partial charge < -0.3 is 5.32 Å². The number of hydrogen-bond donors (Lipinski definition) is 2. The molecule has 3 aromatic rings. The molecule has 4 nitrogen and oxygen atoms in total. The first-order valence-electron chi connectivity index (χ1n) is 6.36. The second kappa shape index (κ2) is 5.80. The molecule has 0 spiro atoms. The molecule has 0 fully saturated rings. The minimum absolute atomic E-state index is 0.109. The maximum Gasteiger partial charge on any atom is 0.417 e. The lowest BCUT2D eigenvalue weighted by atomic mass is 10.1. The van der Waals surface area contributed by atoms with Crippen LogP contribution in [0.2, 0.25) is 0 Å². The molecule has 0 saturated carbocycles. The largest absolute Gasteiger partial charge is 0.417 e. The zero-order valence-electron chi connectivity index (χ0n) is 11.2. The van der Waals surface area contributed by atoms with Gasteiger partial charge in [0.1, 0.15) is 6.33 Å². The lowest BCUT2D eigenvalue weighted by Crippen LogP contribution is -2.09. The quantitative estimate of drug-likeness (QED) is 0.757. The van der Waals surface area contributed by atoms with Gasteiger partial charge in [-0.2, -0.15) is 29.6 Å². The Hall–Kier alpha value is -2.35. The normalized spacial score (nSPS) is 11.6. The standard InChI is InChI=1S/C14H11F3N4S/c15-14(16,17)12-7-22-6-10(12)5-18-11-3-1-2-9(4-11)13-19-8-20-21-13/h1-4,6-8,18H,5H2,(H,19,20,21). The van der Waals surface area contributed by atoms with Crippen molar-refractivity contribution in [2.75, 3.05) is 5.32 Å². The molecule has 3 rings (SSSR count). The highest BCUT2D eigenvalue weighted by Gasteiger charge is 2.33. The van der Waals surface area contributed by atoms with Crippen molar-refractivity contribution in [3.63, 3.8) is 0 Å². The molecule has 0 saturated heterocycles. The van der Waals surface area contributed by atoms with Crippen LogP contribution < -0.4 is 5.32 Å². The number of alkyl halides is 3. The van der Waals surface area contributed by atoms with Gasteiger partial charge in [-0.15, -0.1) is 0 Å².